The fraction of sp³-hybridized carbons (Fsp3) is 0.222. The number of rotatable bonds is 6. The van der Waals surface area contributed by atoms with E-state index in [-0.39, 0.29) is 11.9 Å². The molecule has 0 saturated carbocycles. The predicted molar refractivity (Wildman–Crippen MR) is 97.3 cm³/mol. The standard InChI is InChI=1S/C18H18N4O2S/c1-3-5-15-21-12(2)16(25-15)17(23)22-13-6-8-14(9-7-13)24-18-19-10-4-11-20-18/h4,6-11H,3,5H2,1-2H3,(H,22,23). The van der Waals surface area contributed by atoms with Crippen LogP contribution in [0.15, 0.2) is 42.7 Å². The second-order valence-corrected chi connectivity index (χ2v) is 6.47. The highest BCUT2D eigenvalue weighted by Crippen LogP contribution is 2.23. The molecule has 1 amide bonds. The molecule has 0 aliphatic rings. The molecule has 0 radical (unpaired) electrons. The van der Waals surface area contributed by atoms with Crippen molar-refractivity contribution < 1.29 is 9.53 Å². The summed E-state index contributed by atoms with van der Waals surface area (Å²) >= 11 is 1.45. The molecule has 3 rings (SSSR count). The number of hydrogen-bond donors (Lipinski definition) is 1. The number of nitrogens with zero attached hydrogens (tertiary/aromatic N) is 3. The second kappa shape index (κ2) is 7.85. The van der Waals surface area contributed by atoms with E-state index in [1.165, 1.54) is 11.3 Å². The van der Waals surface area contributed by atoms with Gasteiger partial charge < -0.3 is 10.1 Å². The summed E-state index contributed by atoms with van der Waals surface area (Å²) in [6.45, 7) is 3.96. The van der Waals surface area contributed by atoms with Crippen molar-refractivity contribution in [3.05, 3.63) is 58.3 Å². The van der Waals surface area contributed by atoms with E-state index in [1.54, 1.807) is 42.7 Å². The third-order valence-electron chi connectivity index (χ3n) is 3.37. The number of nitrogens with one attached hydrogen (secondary N) is 1. The molecular weight excluding hydrogens is 336 g/mol. The van der Waals surface area contributed by atoms with Crippen LogP contribution in [0.25, 0.3) is 0 Å². The summed E-state index contributed by atoms with van der Waals surface area (Å²) in [5, 5.41) is 3.89. The fourth-order valence-electron chi connectivity index (χ4n) is 2.22. The fourth-order valence-corrected chi connectivity index (χ4v) is 3.28. The zero-order chi connectivity index (χ0) is 17.6. The van der Waals surface area contributed by atoms with Crippen LogP contribution in [0.3, 0.4) is 0 Å². The maximum atomic E-state index is 12.4. The van der Waals surface area contributed by atoms with Crippen molar-refractivity contribution >= 4 is 22.9 Å². The highest BCUT2D eigenvalue weighted by atomic mass is 32.1. The van der Waals surface area contributed by atoms with Crippen LogP contribution < -0.4 is 10.1 Å². The van der Waals surface area contributed by atoms with Gasteiger partial charge in [0.15, 0.2) is 0 Å². The second-order valence-electron chi connectivity index (χ2n) is 5.38. The quantitative estimate of drug-likeness (QED) is 0.716. The summed E-state index contributed by atoms with van der Waals surface area (Å²) in [5.41, 5.74) is 1.46. The molecule has 128 valence electrons. The molecule has 25 heavy (non-hydrogen) atoms. The molecular formula is C18H18N4O2S. The number of carbonyl (C=O) groups excluding carboxylic acids is 1. The lowest BCUT2D eigenvalue weighted by Crippen LogP contribution is -2.11. The van der Waals surface area contributed by atoms with Gasteiger partial charge in [-0.15, -0.1) is 11.3 Å². The van der Waals surface area contributed by atoms with E-state index in [0.29, 0.717) is 16.3 Å². The van der Waals surface area contributed by atoms with Crippen LogP contribution in [0, 0.1) is 6.92 Å². The third-order valence-corrected chi connectivity index (χ3v) is 4.59. The smallest absolute Gasteiger partial charge is 0.321 e. The molecule has 1 N–H and O–H groups in total. The van der Waals surface area contributed by atoms with Crippen LogP contribution in [-0.4, -0.2) is 20.9 Å². The van der Waals surface area contributed by atoms with Crippen molar-refractivity contribution in [2.75, 3.05) is 5.32 Å². The van der Waals surface area contributed by atoms with Gasteiger partial charge in [0.2, 0.25) is 0 Å². The van der Waals surface area contributed by atoms with Crippen molar-refractivity contribution in [1.29, 1.82) is 0 Å². The third kappa shape index (κ3) is 4.39. The van der Waals surface area contributed by atoms with Crippen molar-refractivity contribution in [3.8, 4) is 11.8 Å². The molecule has 0 aliphatic carbocycles. The maximum absolute atomic E-state index is 12.4. The number of thiazole rings is 1. The topological polar surface area (TPSA) is 77.0 Å². The van der Waals surface area contributed by atoms with E-state index in [0.717, 1.165) is 23.5 Å². The Balaban J connectivity index is 1.66. The SMILES string of the molecule is CCCc1nc(C)c(C(=O)Nc2ccc(Oc3ncccn3)cc2)s1. The van der Waals surface area contributed by atoms with Gasteiger partial charge in [0.1, 0.15) is 10.6 Å². The van der Waals surface area contributed by atoms with Crippen molar-refractivity contribution in [2.45, 2.75) is 26.7 Å². The van der Waals surface area contributed by atoms with Gasteiger partial charge in [0, 0.05) is 18.1 Å². The van der Waals surface area contributed by atoms with Gasteiger partial charge in [-0.3, -0.25) is 4.79 Å². The van der Waals surface area contributed by atoms with Crippen LogP contribution in [0.1, 0.15) is 33.7 Å². The van der Waals surface area contributed by atoms with Crippen LogP contribution in [0.2, 0.25) is 0 Å². The summed E-state index contributed by atoms with van der Waals surface area (Å²) in [7, 11) is 0. The molecule has 0 spiro atoms. The van der Waals surface area contributed by atoms with Gasteiger partial charge in [-0.25, -0.2) is 15.0 Å². The van der Waals surface area contributed by atoms with E-state index in [4.69, 9.17) is 4.74 Å². The summed E-state index contributed by atoms with van der Waals surface area (Å²) < 4.78 is 5.53. The maximum Gasteiger partial charge on any atom is 0.321 e. The van der Waals surface area contributed by atoms with Crippen molar-refractivity contribution in [2.24, 2.45) is 0 Å². The van der Waals surface area contributed by atoms with Gasteiger partial charge in [0.25, 0.3) is 5.91 Å². The zero-order valence-electron chi connectivity index (χ0n) is 14.0. The Morgan fingerprint density at radius 3 is 2.60 bits per heavy atom. The molecule has 6 nitrogen and oxygen atoms in total. The van der Waals surface area contributed by atoms with E-state index < -0.39 is 0 Å². The molecule has 0 fully saturated rings. The van der Waals surface area contributed by atoms with Crippen LogP contribution in [-0.2, 0) is 6.42 Å². The van der Waals surface area contributed by atoms with Crippen LogP contribution >= 0.6 is 11.3 Å². The number of aromatic nitrogens is 3. The Hall–Kier alpha value is -2.80. The van der Waals surface area contributed by atoms with Crippen molar-refractivity contribution in [3.63, 3.8) is 0 Å². The first-order valence-electron chi connectivity index (χ1n) is 7.98. The summed E-state index contributed by atoms with van der Waals surface area (Å²) in [5.74, 6) is 0.459. The summed E-state index contributed by atoms with van der Waals surface area (Å²) in [4.78, 5) is 25.5. The average Bonchev–Trinajstić information content (AvgIpc) is 2.98. The Bertz CT molecular complexity index is 847. The van der Waals surface area contributed by atoms with E-state index >= 15 is 0 Å². The van der Waals surface area contributed by atoms with E-state index in [1.807, 2.05) is 6.92 Å². The minimum absolute atomic E-state index is 0.141. The molecule has 2 aromatic heterocycles. The first-order chi connectivity index (χ1) is 12.2. The summed E-state index contributed by atoms with van der Waals surface area (Å²) in [6, 6.07) is 9.07. The molecule has 0 aliphatic heterocycles. The van der Waals surface area contributed by atoms with Gasteiger partial charge in [-0.2, -0.15) is 0 Å². The Morgan fingerprint density at radius 1 is 1.20 bits per heavy atom. The minimum atomic E-state index is -0.141. The Morgan fingerprint density at radius 2 is 1.92 bits per heavy atom. The number of hydrogen-bond acceptors (Lipinski definition) is 6. The van der Waals surface area contributed by atoms with E-state index in [9.17, 15) is 4.79 Å². The Kier molecular flexibility index (Phi) is 5.35. The van der Waals surface area contributed by atoms with Gasteiger partial charge in [0.05, 0.1) is 10.7 Å². The summed E-state index contributed by atoms with van der Waals surface area (Å²) in [6.07, 6.45) is 5.13. The molecule has 0 bridgehead atoms. The number of anilines is 1. The highest BCUT2D eigenvalue weighted by molar-refractivity contribution is 7.13. The van der Waals surface area contributed by atoms with E-state index in [2.05, 4.69) is 27.2 Å². The molecule has 0 atom stereocenters. The molecule has 2 heterocycles. The molecule has 0 unspecified atom stereocenters. The number of benzene rings is 1. The van der Waals surface area contributed by atoms with Gasteiger partial charge in [-0.1, -0.05) is 6.92 Å². The first kappa shape index (κ1) is 17.0. The molecule has 0 saturated heterocycles. The first-order valence-corrected chi connectivity index (χ1v) is 8.80. The lowest BCUT2D eigenvalue weighted by molar-refractivity contribution is 0.103. The van der Waals surface area contributed by atoms with Gasteiger partial charge >= 0.3 is 6.01 Å². The monoisotopic (exact) mass is 354 g/mol. The normalized spacial score (nSPS) is 10.5. The minimum Gasteiger partial charge on any atom is -0.424 e. The lowest BCUT2D eigenvalue weighted by atomic mass is 10.3. The number of carbonyl (C=O) groups is 1. The highest BCUT2D eigenvalue weighted by Gasteiger charge is 2.15. The average molecular weight is 354 g/mol. The van der Waals surface area contributed by atoms with Gasteiger partial charge in [-0.05, 0) is 50.1 Å². The Labute approximate surface area is 149 Å². The van der Waals surface area contributed by atoms with Crippen molar-refractivity contribution in [1.82, 2.24) is 15.0 Å². The number of amides is 1. The predicted octanol–water partition coefficient (Wildman–Crippen LogP) is 4.24. The zero-order valence-corrected chi connectivity index (χ0v) is 14.8. The molecule has 7 heteroatoms. The number of aryl methyl sites for hydroxylation is 2. The van der Waals surface area contributed by atoms with Crippen LogP contribution in [0.4, 0.5) is 5.69 Å². The lowest BCUT2D eigenvalue weighted by Gasteiger charge is -2.06. The molecule has 1 aromatic carbocycles. The number of ether oxygens (including phenoxy) is 1. The largest absolute Gasteiger partial charge is 0.424 e. The molecule has 3 aromatic rings. The van der Waals surface area contributed by atoms with Crippen LogP contribution in [0.5, 0.6) is 11.8 Å².